The lowest BCUT2D eigenvalue weighted by Crippen LogP contribution is -1.84. The molecule has 1 N–H and O–H groups in total. The van der Waals surface area contributed by atoms with Crippen LogP contribution in [0.5, 0.6) is 0 Å². The quantitative estimate of drug-likeness (QED) is 0.433. The number of halogens is 4. The molecule has 5 heteroatoms. The molecule has 0 radical (unpaired) electrons. The summed E-state index contributed by atoms with van der Waals surface area (Å²) in [6.07, 6.45) is 0. The number of aliphatic hydroxyl groups excluding tert-OH is 1. The van der Waals surface area contributed by atoms with Crippen molar-refractivity contribution < 1.29 is 5.11 Å². The van der Waals surface area contributed by atoms with Crippen molar-refractivity contribution in [3.63, 3.8) is 0 Å². The summed E-state index contributed by atoms with van der Waals surface area (Å²) in [5.41, 5.74) is 0.372. The van der Waals surface area contributed by atoms with Gasteiger partial charge in [-0.05, 0) is 6.07 Å². The molecule has 0 aliphatic rings. The van der Waals surface area contributed by atoms with Crippen molar-refractivity contribution >= 4 is 46.4 Å². The van der Waals surface area contributed by atoms with E-state index in [0.29, 0.717) is 10.6 Å². The summed E-state index contributed by atoms with van der Waals surface area (Å²) in [5.74, 6) is 5.02. The second-order valence-electron chi connectivity index (χ2n) is 2.30. The van der Waals surface area contributed by atoms with Gasteiger partial charge in [0.15, 0.2) is 0 Å². The maximum atomic E-state index is 8.51. The molecule has 0 unspecified atom stereocenters. The molecule has 1 aromatic rings. The van der Waals surface area contributed by atoms with Crippen LogP contribution in [0.4, 0.5) is 0 Å². The number of aliphatic hydroxyl groups is 1. The zero-order valence-corrected chi connectivity index (χ0v) is 9.77. The van der Waals surface area contributed by atoms with Crippen molar-refractivity contribution in [1.82, 2.24) is 0 Å². The average Bonchev–Trinajstić information content (AvgIpc) is 2.14. The molecule has 0 spiro atoms. The molecule has 0 aliphatic carbocycles. The summed E-state index contributed by atoms with van der Waals surface area (Å²) in [7, 11) is 0. The maximum absolute atomic E-state index is 8.51. The highest BCUT2D eigenvalue weighted by atomic mass is 35.5. The third kappa shape index (κ3) is 2.48. The zero-order chi connectivity index (χ0) is 10.7. The van der Waals surface area contributed by atoms with Gasteiger partial charge < -0.3 is 5.11 Å². The minimum absolute atomic E-state index is 0.199. The van der Waals surface area contributed by atoms with Gasteiger partial charge in [0, 0.05) is 0 Å². The van der Waals surface area contributed by atoms with Crippen molar-refractivity contribution in [2.24, 2.45) is 0 Å². The van der Waals surface area contributed by atoms with Crippen LogP contribution in [-0.4, -0.2) is 11.7 Å². The van der Waals surface area contributed by atoms with Gasteiger partial charge in [0.1, 0.15) is 6.61 Å². The molecule has 0 fully saturated rings. The fourth-order valence-corrected chi connectivity index (χ4v) is 1.82. The Kier molecular flexibility index (Phi) is 4.37. The molecule has 0 heterocycles. The summed E-state index contributed by atoms with van der Waals surface area (Å²) in [6.45, 7) is -0.271. The topological polar surface area (TPSA) is 20.2 Å². The molecule has 0 aliphatic heterocycles. The van der Waals surface area contributed by atoms with E-state index in [0.717, 1.165) is 0 Å². The Balaban J connectivity index is 3.36. The first-order valence-electron chi connectivity index (χ1n) is 3.50. The molecule has 0 aromatic heterocycles. The van der Waals surface area contributed by atoms with Crippen LogP contribution < -0.4 is 0 Å². The molecule has 0 bridgehead atoms. The van der Waals surface area contributed by atoms with Crippen LogP contribution in [0.15, 0.2) is 6.07 Å². The van der Waals surface area contributed by atoms with Crippen LogP contribution in [0.3, 0.4) is 0 Å². The van der Waals surface area contributed by atoms with E-state index in [2.05, 4.69) is 11.8 Å². The van der Waals surface area contributed by atoms with Crippen molar-refractivity contribution in [3.05, 3.63) is 31.7 Å². The predicted molar refractivity (Wildman–Crippen MR) is 60.4 cm³/mol. The Hall–Kier alpha value is -0.100. The summed E-state index contributed by atoms with van der Waals surface area (Å²) in [6, 6.07) is 1.46. The molecule has 1 rings (SSSR count). The Morgan fingerprint density at radius 2 is 1.71 bits per heavy atom. The molecular formula is C9H4Cl4O. The van der Waals surface area contributed by atoms with E-state index in [4.69, 9.17) is 51.5 Å². The first-order valence-corrected chi connectivity index (χ1v) is 5.01. The number of hydrogen-bond acceptors (Lipinski definition) is 1. The third-order valence-electron chi connectivity index (χ3n) is 1.41. The minimum atomic E-state index is -0.271. The van der Waals surface area contributed by atoms with Gasteiger partial charge in [0.25, 0.3) is 0 Å². The summed E-state index contributed by atoms with van der Waals surface area (Å²) in [5, 5.41) is 9.51. The molecule has 14 heavy (non-hydrogen) atoms. The molecular weight excluding hydrogens is 266 g/mol. The Labute approximate surface area is 102 Å². The Morgan fingerprint density at radius 1 is 1.07 bits per heavy atom. The average molecular weight is 270 g/mol. The molecule has 74 valence electrons. The van der Waals surface area contributed by atoms with Gasteiger partial charge in [0.2, 0.25) is 0 Å². The SMILES string of the molecule is OCC#Cc1c(Cl)cc(Cl)c(Cl)c1Cl. The maximum Gasteiger partial charge on any atom is 0.104 e. The summed E-state index contributed by atoms with van der Waals surface area (Å²) < 4.78 is 0. The van der Waals surface area contributed by atoms with E-state index < -0.39 is 0 Å². The summed E-state index contributed by atoms with van der Waals surface area (Å²) >= 11 is 23.2. The van der Waals surface area contributed by atoms with E-state index >= 15 is 0 Å². The minimum Gasteiger partial charge on any atom is -0.384 e. The second kappa shape index (κ2) is 5.11. The molecule has 0 atom stereocenters. The second-order valence-corrected chi connectivity index (χ2v) is 3.87. The van der Waals surface area contributed by atoms with E-state index in [1.807, 2.05) is 0 Å². The van der Waals surface area contributed by atoms with Crippen LogP contribution in [-0.2, 0) is 0 Å². The van der Waals surface area contributed by atoms with E-state index in [1.54, 1.807) is 0 Å². The lowest BCUT2D eigenvalue weighted by molar-refractivity contribution is 0.350. The van der Waals surface area contributed by atoms with Gasteiger partial charge in [0.05, 0.1) is 25.7 Å². The standard InChI is InChI=1S/C9H4Cl4O/c10-6-4-7(11)9(13)8(12)5(6)2-1-3-14/h4,14H,3H2. The number of rotatable bonds is 0. The number of benzene rings is 1. The van der Waals surface area contributed by atoms with Crippen molar-refractivity contribution in [2.45, 2.75) is 0 Å². The first kappa shape index (κ1) is 12.0. The van der Waals surface area contributed by atoms with Crippen LogP contribution in [0.2, 0.25) is 20.1 Å². The molecule has 0 saturated carbocycles. The van der Waals surface area contributed by atoms with Crippen LogP contribution in [0.1, 0.15) is 5.56 Å². The van der Waals surface area contributed by atoms with Gasteiger partial charge in [-0.3, -0.25) is 0 Å². The van der Waals surface area contributed by atoms with Crippen LogP contribution in [0, 0.1) is 11.8 Å². The van der Waals surface area contributed by atoms with E-state index in [9.17, 15) is 0 Å². The van der Waals surface area contributed by atoms with E-state index in [-0.39, 0.29) is 21.7 Å². The van der Waals surface area contributed by atoms with Crippen molar-refractivity contribution in [1.29, 1.82) is 0 Å². The molecule has 1 nitrogen and oxygen atoms in total. The van der Waals surface area contributed by atoms with Crippen LogP contribution in [0.25, 0.3) is 0 Å². The van der Waals surface area contributed by atoms with Gasteiger partial charge in [-0.2, -0.15) is 0 Å². The normalized spacial score (nSPS) is 9.50. The van der Waals surface area contributed by atoms with E-state index in [1.165, 1.54) is 6.07 Å². The highest BCUT2D eigenvalue weighted by molar-refractivity contribution is 6.49. The van der Waals surface area contributed by atoms with Gasteiger partial charge in [-0.25, -0.2) is 0 Å². The van der Waals surface area contributed by atoms with Gasteiger partial charge in [-0.1, -0.05) is 58.2 Å². The lowest BCUT2D eigenvalue weighted by atomic mass is 10.2. The fourth-order valence-electron chi connectivity index (χ4n) is 0.809. The molecule has 1 aromatic carbocycles. The van der Waals surface area contributed by atoms with Crippen molar-refractivity contribution in [2.75, 3.05) is 6.61 Å². The fraction of sp³-hybridized carbons (Fsp3) is 0.111. The smallest absolute Gasteiger partial charge is 0.104 e. The first-order chi connectivity index (χ1) is 6.57. The zero-order valence-electron chi connectivity index (χ0n) is 6.74. The van der Waals surface area contributed by atoms with Crippen molar-refractivity contribution in [3.8, 4) is 11.8 Å². The Bertz CT molecular complexity index is 417. The van der Waals surface area contributed by atoms with Gasteiger partial charge >= 0.3 is 0 Å². The largest absolute Gasteiger partial charge is 0.384 e. The monoisotopic (exact) mass is 268 g/mol. The highest BCUT2D eigenvalue weighted by Crippen LogP contribution is 2.36. The summed E-state index contributed by atoms with van der Waals surface area (Å²) in [4.78, 5) is 0. The van der Waals surface area contributed by atoms with Crippen LogP contribution >= 0.6 is 46.4 Å². The third-order valence-corrected chi connectivity index (χ3v) is 2.97. The molecule has 0 amide bonds. The predicted octanol–water partition coefficient (Wildman–Crippen LogP) is 3.64. The van der Waals surface area contributed by atoms with Gasteiger partial charge in [-0.15, -0.1) is 0 Å². The molecule has 0 saturated heterocycles. The Morgan fingerprint density at radius 3 is 2.29 bits per heavy atom. The number of hydrogen-bond donors (Lipinski definition) is 1. The highest BCUT2D eigenvalue weighted by Gasteiger charge is 2.11. The lowest BCUT2D eigenvalue weighted by Gasteiger charge is -2.03.